The van der Waals surface area contributed by atoms with E-state index in [0.717, 1.165) is 45.4 Å². The van der Waals surface area contributed by atoms with E-state index in [-0.39, 0.29) is 5.91 Å². The Morgan fingerprint density at radius 1 is 1.17 bits per heavy atom. The maximum atomic E-state index is 13.9. The predicted molar refractivity (Wildman–Crippen MR) is 109 cm³/mol. The molecule has 3 unspecified atom stereocenters. The van der Waals surface area contributed by atoms with E-state index < -0.39 is 23.9 Å². The fraction of sp³-hybridized carbons (Fsp3) is 0.783. The van der Waals surface area contributed by atoms with Crippen molar-refractivity contribution in [1.82, 2.24) is 4.90 Å². The van der Waals surface area contributed by atoms with Crippen molar-refractivity contribution in [3.63, 3.8) is 0 Å². The molecule has 2 fully saturated rings. The van der Waals surface area contributed by atoms with Gasteiger partial charge in [0.05, 0.1) is 0 Å². The molecule has 0 bridgehead atoms. The SMILES string of the molecule is CC=C1/C(=C\C(C)C(O)(C(C)F)C(F)(F)F)CCCCN1C(=O)CC1CCCCC1. The van der Waals surface area contributed by atoms with E-state index in [4.69, 9.17) is 0 Å². The first-order valence-corrected chi connectivity index (χ1v) is 11.1. The molecule has 7 heteroatoms. The van der Waals surface area contributed by atoms with Crippen molar-refractivity contribution < 1.29 is 27.5 Å². The van der Waals surface area contributed by atoms with Crippen LogP contribution in [0.5, 0.6) is 0 Å². The average molecular weight is 434 g/mol. The number of carbonyl (C=O) groups is 1. The van der Waals surface area contributed by atoms with Crippen LogP contribution in [-0.4, -0.2) is 40.4 Å². The molecule has 0 radical (unpaired) electrons. The van der Waals surface area contributed by atoms with E-state index in [0.29, 0.717) is 36.6 Å². The van der Waals surface area contributed by atoms with Gasteiger partial charge in [-0.3, -0.25) is 4.79 Å². The summed E-state index contributed by atoms with van der Waals surface area (Å²) in [7, 11) is 0. The van der Waals surface area contributed by atoms with Crippen LogP contribution in [0.25, 0.3) is 0 Å². The maximum absolute atomic E-state index is 13.9. The molecular formula is C23H35F4NO2. The zero-order valence-electron chi connectivity index (χ0n) is 18.3. The van der Waals surface area contributed by atoms with Crippen molar-refractivity contribution >= 4 is 5.91 Å². The minimum Gasteiger partial charge on any atom is -0.378 e. The van der Waals surface area contributed by atoms with Crippen LogP contribution in [0.1, 0.15) is 78.6 Å². The Bertz CT molecular complexity index is 650. The lowest BCUT2D eigenvalue weighted by molar-refractivity contribution is -0.291. The molecule has 3 atom stereocenters. The Morgan fingerprint density at radius 2 is 1.80 bits per heavy atom. The van der Waals surface area contributed by atoms with Gasteiger partial charge in [0.2, 0.25) is 5.91 Å². The van der Waals surface area contributed by atoms with E-state index in [2.05, 4.69) is 0 Å². The monoisotopic (exact) mass is 433 g/mol. The number of allylic oxidation sites excluding steroid dienone is 2. The Morgan fingerprint density at radius 3 is 2.33 bits per heavy atom. The van der Waals surface area contributed by atoms with E-state index >= 15 is 0 Å². The zero-order chi connectivity index (χ0) is 22.5. The summed E-state index contributed by atoms with van der Waals surface area (Å²) in [6.07, 6.45) is 3.44. The number of aliphatic hydroxyl groups is 1. The lowest BCUT2D eigenvalue weighted by atomic mass is 9.82. The van der Waals surface area contributed by atoms with Crippen molar-refractivity contribution in [2.75, 3.05) is 6.54 Å². The Balaban J connectivity index is 2.28. The van der Waals surface area contributed by atoms with Gasteiger partial charge in [-0.15, -0.1) is 0 Å². The van der Waals surface area contributed by atoms with Gasteiger partial charge in [0.15, 0.2) is 5.60 Å². The van der Waals surface area contributed by atoms with E-state index in [1.54, 1.807) is 17.9 Å². The van der Waals surface area contributed by atoms with Gasteiger partial charge in [0.1, 0.15) is 6.17 Å². The summed E-state index contributed by atoms with van der Waals surface area (Å²) in [5.74, 6) is -1.13. The lowest BCUT2D eigenvalue weighted by Crippen LogP contribution is -2.56. The van der Waals surface area contributed by atoms with Gasteiger partial charge in [-0.25, -0.2) is 4.39 Å². The molecule has 0 aromatic carbocycles. The molecule has 0 aromatic heterocycles. The topological polar surface area (TPSA) is 40.5 Å². The number of halogens is 4. The van der Waals surface area contributed by atoms with Crippen LogP contribution < -0.4 is 0 Å². The fourth-order valence-corrected chi connectivity index (χ4v) is 4.80. The van der Waals surface area contributed by atoms with Gasteiger partial charge in [-0.1, -0.05) is 38.3 Å². The summed E-state index contributed by atoms with van der Waals surface area (Å²) in [4.78, 5) is 14.7. The van der Waals surface area contributed by atoms with Gasteiger partial charge in [-0.05, 0) is 57.4 Å². The highest BCUT2D eigenvalue weighted by atomic mass is 19.4. The van der Waals surface area contributed by atoms with Gasteiger partial charge in [0.25, 0.3) is 0 Å². The first-order chi connectivity index (χ1) is 14.0. The highest BCUT2D eigenvalue weighted by Gasteiger charge is 2.60. The highest BCUT2D eigenvalue weighted by Crippen LogP contribution is 2.42. The number of nitrogens with zero attached hydrogens (tertiary/aromatic N) is 1. The average Bonchev–Trinajstić information content (AvgIpc) is 2.88. The van der Waals surface area contributed by atoms with Crippen LogP contribution in [0, 0.1) is 11.8 Å². The normalized spacial score (nSPS) is 26.3. The summed E-state index contributed by atoms with van der Waals surface area (Å²) in [5.41, 5.74) is -2.30. The molecule has 30 heavy (non-hydrogen) atoms. The highest BCUT2D eigenvalue weighted by molar-refractivity contribution is 5.79. The summed E-state index contributed by atoms with van der Waals surface area (Å²) >= 11 is 0. The number of alkyl halides is 4. The summed E-state index contributed by atoms with van der Waals surface area (Å²) < 4.78 is 54.4. The van der Waals surface area contributed by atoms with Gasteiger partial charge in [0, 0.05) is 24.6 Å². The first-order valence-electron chi connectivity index (χ1n) is 11.1. The second kappa shape index (κ2) is 10.3. The van der Waals surface area contributed by atoms with Crippen molar-refractivity contribution in [1.29, 1.82) is 0 Å². The number of carbonyl (C=O) groups excluding carboxylic acids is 1. The molecule has 2 rings (SSSR count). The van der Waals surface area contributed by atoms with Crippen molar-refractivity contribution in [3.05, 3.63) is 23.4 Å². The molecule has 1 N–H and O–H groups in total. The zero-order valence-corrected chi connectivity index (χ0v) is 18.3. The number of hydrogen-bond acceptors (Lipinski definition) is 2. The standard InChI is InChI=1S/C23H35F4NO2/c1-4-20-19(14-16(2)22(30,17(3)24)23(25,26)27)12-8-9-13-28(20)21(29)15-18-10-6-5-7-11-18/h4,14,16-18,30H,5-13,15H2,1-3H3/b19-14-,20-4?. The Labute approximate surface area is 177 Å². The van der Waals surface area contributed by atoms with Crippen LogP contribution in [0.2, 0.25) is 0 Å². The van der Waals surface area contributed by atoms with Crippen LogP contribution in [0.3, 0.4) is 0 Å². The smallest absolute Gasteiger partial charge is 0.378 e. The summed E-state index contributed by atoms with van der Waals surface area (Å²) in [5, 5.41) is 10.2. The molecule has 2 aliphatic rings. The fourth-order valence-electron chi connectivity index (χ4n) is 4.80. The minimum atomic E-state index is -5.10. The van der Waals surface area contributed by atoms with E-state index in [9.17, 15) is 27.5 Å². The third-order valence-corrected chi connectivity index (χ3v) is 6.67. The largest absolute Gasteiger partial charge is 0.420 e. The number of hydrogen-bond donors (Lipinski definition) is 1. The molecular weight excluding hydrogens is 398 g/mol. The molecule has 172 valence electrons. The van der Waals surface area contributed by atoms with Crippen LogP contribution >= 0.6 is 0 Å². The Hall–Kier alpha value is -1.37. The third kappa shape index (κ3) is 5.45. The lowest BCUT2D eigenvalue weighted by Gasteiger charge is -2.36. The molecule has 1 amide bonds. The molecule has 1 saturated heterocycles. The van der Waals surface area contributed by atoms with Crippen LogP contribution in [-0.2, 0) is 4.79 Å². The predicted octanol–water partition coefficient (Wildman–Crippen LogP) is 6.09. The number of likely N-dealkylation sites (tertiary alicyclic amines) is 1. The van der Waals surface area contributed by atoms with Gasteiger partial charge in [-0.2, -0.15) is 13.2 Å². The third-order valence-electron chi connectivity index (χ3n) is 6.67. The Kier molecular flexibility index (Phi) is 8.54. The quantitative estimate of drug-likeness (QED) is 0.533. The maximum Gasteiger partial charge on any atom is 0.420 e. The van der Waals surface area contributed by atoms with Gasteiger partial charge < -0.3 is 10.0 Å². The number of rotatable bonds is 5. The molecule has 1 aliphatic heterocycles. The van der Waals surface area contributed by atoms with Crippen molar-refractivity contribution in [2.24, 2.45) is 11.8 Å². The van der Waals surface area contributed by atoms with E-state index in [1.165, 1.54) is 19.4 Å². The molecule has 3 nitrogen and oxygen atoms in total. The summed E-state index contributed by atoms with van der Waals surface area (Å²) in [6.45, 7) is 4.20. The molecule has 1 aliphatic carbocycles. The first kappa shape index (κ1) is 24.9. The van der Waals surface area contributed by atoms with Crippen LogP contribution in [0.4, 0.5) is 17.6 Å². The second-order valence-electron chi connectivity index (χ2n) is 8.80. The van der Waals surface area contributed by atoms with Crippen LogP contribution in [0.15, 0.2) is 23.4 Å². The van der Waals surface area contributed by atoms with Crippen molar-refractivity contribution in [3.8, 4) is 0 Å². The molecule has 0 spiro atoms. The van der Waals surface area contributed by atoms with E-state index in [1.807, 2.05) is 0 Å². The number of amides is 1. The molecule has 0 aromatic rings. The minimum absolute atomic E-state index is 0.000366. The summed E-state index contributed by atoms with van der Waals surface area (Å²) in [6, 6.07) is 0. The van der Waals surface area contributed by atoms with Gasteiger partial charge >= 0.3 is 6.18 Å². The molecule has 1 saturated carbocycles. The second-order valence-corrected chi connectivity index (χ2v) is 8.80. The molecule has 1 heterocycles. The van der Waals surface area contributed by atoms with Crippen molar-refractivity contribution in [2.45, 2.75) is 96.5 Å².